The first kappa shape index (κ1) is 22.7. The molecule has 30 heavy (non-hydrogen) atoms. The molecule has 0 amide bonds. The monoisotopic (exact) mass is 402 g/mol. The van der Waals surface area contributed by atoms with E-state index in [1.165, 1.54) is 5.46 Å². The predicted octanol–water partition coefficient (Wildman–Crippen LogP) is 7.48. The molecule has 0 atom stereocenters. The second-order valence-electron chi connectivity index (χ2n) is 11.7. The van der Waals surface area contributed by atoms with Gasteiger partial charge in [-0.2, -0.15) is 0 Å². The Labute approximate surface area is 183 Å². The molecule has 0 N–H and O–H groups in total. The summed E-state index contributed by atoms with van der Waals surface area (Å²) in [6.45, 7) is 20.6. The molecule has 2 aromatic rings. The Morgan fingerprint density at radius 1 is 1.07 bits per heavy atom. The average Bonchev–Trinajstić information content (AvgIpc) is 2.82. The molecule has 1 heterocycles. The van der Waals surface area contributed by atoms with Crippen LogP contribution in [0.25, 0.3) is 10.8 Å². The molecular formula is C28H36BF. The first-order valence-corrected chi connectivity index (χ1v) is 11.2. The van der Waals surface area contributed by atoms with Gasteiger partial charge in [-0.05, 0) is 39.5 Å². The van der Waals surface area contributed by atoms with E-state index in [2.05, 4.69) is 85.1 Å². The van der Waals surface area contributed by atoms with E-state index in [1.807, 2.05) is 6.07 Å². The Kier molecular flexibility index (Phi) is 5.99. The van der Waals surface area contributed by atoms with Crippen LogP contribution in [0.1, 0.15) is 66.9 Å². The summed E-state index contributed by atoms with van der Waals surface area (Å²) in [5, 5.41) is 2.08. The van der Waals surface area contributed by atoms with Crippen molar-refractivity contribution >= 4 is 22.9 Å². The van der Waals surface area contributed by atoms with Crippen LogP contribution in [-0.4, -0.2) is 6.71 Å². The standard InChI is InChI=1S/C28H36BF/c1-20(17-26(2,3)4)11-9-13-22-24(30)16-15-21-12-10-14-23(25(21)22)29-18-27(5,6)28(7,8)19-29/h10,12,14-16H,1,11,17-19H2,2-8H3. The van der Waals surface area contributed by atoms with Gasteiger partial charge in [0, 0.05) is 6.42 Å². The van der Waals surface area contributed by atoms with Crippen molar-refractivity contribution < 1.29 is 4.39 Å². The van der Waals surface area contributed by atoms with Gasteiger partial charge >= 0.3 is 0 Å². The molecule has 0 nitrogen and oxygen atoms in total. The number of halogens is 1. The molecule has 3 rings (SSSR count). The van der Waals surface area contributed by atoms with Crippen molar-refractivity contribution in [2.45, 2.75) is 73.9 Å². The maximum Gasteiger partial charge on any atom is 0.177 e. The van der Waals surface area contributed by atoms with E-state index in [-0.39, 0.29) is 22.1 Å². The summed E-state index contributed by atoms with van der Waals surface area (Å²) in [6.07, 6.45) is 3.77. The molecule has 0 saturated carbocycles. The number of rotatable bonds is 3. The topological polar surface area (TPSA) is 0 Å². The van der Waals surface area contributed by atoms with Gasteiger partial charge in [0.15, 0.2) is 6.71 Å². The van der Waals surface area contributed by atoms with Crippen molar-refractivity contribution in [3.63, 3.8) is 0 Å². The zero-order valence-electron chi connectivity index (χ0n) is 19.9. The van der Waals surface area contributed by atoms with Crippen LogP contribution in [-0.2, 0) is 0 Å². The van der Waals surface area contributed by atoms with Crippen LogP contribution in [0.15, 0.2) is 42.5 Å². The van der Waals surface area contributed by atoms with Crippen LogP contribution in [0.2, 0.25) is 12.6 Å². The summed E-state index contributed by atoms with van der Waals surface area (Å²) in [7, 11) is 0. The molecule has 0 spiro atoms. The number of fused-ring (bicyclic) bond motifs is 1. The molecule has 1 aliphatic rings. The summed E-state index contributed by atoms with van der Waals surface area (Å²) in [5.41, 5.74) is 3.61. The fraction of sp³-hybridized carbons (Fsp3) is 0.500. The molecule has 1 fully saturated rings. The molecule has 0 unspecified atom stereocenters. The minimum Gasteiger partial charge on any atom is -0.206 e. The minimum absolute atomic E-state index is 0.193. The third kappa shape index (κ3) is 4.67. The van der Waals surface area contributed by atoms with Gasteiger partial charge in [0.25, 0.3) is 0 Å². The van der Waals surface area contributed by atoms with E-state index in [0.717, 1.165) is 35.4 Å². The molecule has 1 aliphatic heterocycles. The molecular weight excluding hydrogens is 366 g/mol. The molecule has 0 bridgehead atoms. The van der Waals surface area contributed by atoms with Crippen LogP contribution in [0.3, 0.4) is 0 Å². The highest BCUT2D eigenvalue weighted by Crippen LogP contribution is 2.52. The van der Waals surface area contributed by atoms with E-state index in [9.17, 15) is 4.39 Å². The highest BCUT2D eigenvalue weighted by molar-refractivity contribution is 6.76. The number of hydrogen-bond donors (Lipinski definition) is 0. The lowest BCUT2D eigenvalue weighted by Crippen LogP contribution is -2.29. The van der Waals surface area contributed by atoms with Gasteiger partial charge in [0.05, 0.1) is 5.56 Å². The largest absolute Gasteiger partial charge is 0.206 e. The molecule has 0 aliphatic carbocycles. The van der Waals surface area contributed by atoms with E-state index in [0.29, 0.717) is 18.7 Å². The van der Waals surface area contributed by atoms with Crippen molar-refractivity contribution in [2.75, 3.05) is 0 Å². The first-order chi connectivity index (χ1) is 13.8. The summed E-state index contributed by atoms with van der Waals surface area (Å²) in [5.74, 6) is 6.19. The zero-order chi connectivity index (χ0) is 22.3. The highest BCUT2D eigenvalue weighted by atomic mass is 19.1. The van der Waals surface area contributed by atoms with Crippen LogP contribution < -0.4 is 5.46 Å². The van der Waals surface area contributed by atoms with Crippen molar-refractivity contribution in [1.82, 2.24) is 0 Å². The predicted molar refractivity (Wildman–Crippen MR) is 131 cm³/mol. The van der Waals surface area contributed by atoms with Gasteiger partial charge < -0.3 is 0 Å². The van der Waals surface area contributed by atoms with Crippen molar-refractivity contribution in [1.29, 1.82) is 0 Å². The van der Waals surface area contributed by atoms with Crippen LogP contribution in [0.5, 0.6) is 0 Å². The van der Waals surface area contributed by atoms with Gasteiger partial charge in [-0.1, -0.05) is 115 Å². The van der Waals surface area contributed by atoms with Gasteiger partial charge in [-0.25, -0.2) is 4.39 Å². The molecule has 158 valence electrons. The molecule has 0 radical (unpaired) electrons. The van der Waals surface area contributed by atoms with Gasteiger partial charge in [-0.3, -0.25) is 0 Å². The van der Waals surface area contributed by atoms with Gasteiger partial charge in [0.2, 0.25) is 0 Å². The molecule has 0 aromatic heterocycles. The lowest BCUT2D eigenvalue weighted by Gasteiger charge is -2.35. The van der Waals surface area contributed by atoms with Crippen LogP contribution >= 0.6 is 0 Å². The Hall–Kier alpha value is -2.01. The third-order valence-corrected chi connectivity index (χ3v) is 7.14. The molecule has 1 saturated heterocycles. The van der Waals surface area contributed by atoms with Crippen LogP contribution in [0, 0.1) is 33.9 Å². The Morgan fingerprint density at radius 3 is 2.30 bits per heavy atom. The maximum absolute atomic E-state index is 15.0. The quantitative estimate of drug-likeness (QED) is 0.284. The number of benzene rings is 2. The van der Waals surface area contributed by atoms with Crippen molar-refractivity contribution in [3.05, 3.63) is 53.9 Å². The summed E-state index contributed by atoms with van der Waals surface area (Å²) in [6, 6.07) is 9.82. The third-order valence-electron chi connectivity index (χ3n) is 7.14. The Balaban J connectivity index is 2.02. The molecule has 2 aromatic carbocycles. The zero-order valence-corrected chi connectivity index (χ0v) is 19.9. The van der Waals surface area contributed by atoms with Gasteiger partial charge in [-0.15, -0.1) is 0 Å². The van der Waals surface area contributed by atoms with Crippen molar-refractivity contribution in [2.24, 2.45) is 16.2 Å². The Morgan fingerprint density at radius 2 is 1.70 bits per heavy atom. The minimum atomic E-state index is -0.222. The van der Waals surface area contributed by atoms with E-state index in [1.54, 1.807) is 6.07 Å². The van der Waals surface area contributed by atoms with E-state index >= 15 is 0 Å². The fourth-order valence-corrected chi connectivity index (χ4v) is 4.99. The highest BCUT2D eigenvalue weighted by Gasteiger charge is 2.48. The number of hydrogen-bond acceptors (Lipinski definition) is 0. The average molecular weight is 402 g/mol. The van der Waals surface area contributed by atoms with Crippen LogP contribution in [0.4, 0.5) is 4.39 Å². The Bertz CT molecular complexity index is 1010. The smallest absolute Gasteiger partial charge is 0.177 e. The normalized spacial score (nSPS) is 17.7. The number of allylic oxidation sites excluding steroid dienone is 1. The maximum atomic E-state index is 15.0. The lowest BCUT2D eigenvalue weighted by molar-refractivity contribution is 0.177. The first-order valence-electron chi connectivity index (χ1n) is 11.2. The second kappa shape index (κ2) is 7.92. The second-order valence-corrected chi connectivity index (χ2v) is 11.7. The van der Waals surface area contributed by atoms with E-state index in [4.69, 9.17) is 0 Å². The van der Waals surface area contributed by atoms with Crippen molar-refractivity contribution in [3.8, 4) is 11.8 Å². The summed E-state index contributed by atoms with van der Waals surface area (Å²) in [4.78, 5) is 0. The summed E-state index contributed by atoms with van der Waals surface area (Å²) >= 11 is 0. The fourth-order valence-electron chi connectivity index (χ4n) is 4.99. The molecule has 2 heteroatoms. The van der Waals surface area contributed by atoms with Gasteiger partial charge in [0.1, 0.15) is 5.82 Å². The summed E-state index contributed by atoms with van der Waals surface area (Å²) < 4.78 is 15.0. The lowest BCUT2D eigenvalue weighted by atomic mass is 9.41. The SMILES string of the molecule is C=C(CC#Cc1c(F)ccc2cccc(B3CC(C)(C)C(C)(C)C3)c12)CC(C)(C)C. The van der Waals surface area contributed by atoms with E-state index < -0.39 is 0 Å².